The second-order valence-electron chi connectivity index (χ2n) is 7.34. The highest BCUT2D eigenvalue weighted by Gasteiger charge is 2.23. The zero-order valence-electron chi connectivity index (χ0n) is 15.9. The van der Waals surface area contributed by atoms with Crippen LogP contribution in [0.25, 0.3) is 0 Å². The van der Waals surface area contributed by atoms with Crippen LogP contribution in [0, 0.1) is 0 Å². The highest BCUT2D eigenvalue weighted by atomic mass is 35.5. The average Bonchev–Trinajstić information content (AvgIpc) is 2.70. The average molecular weight is 393 g/mol. The van der Waals surface area contributed by atoms with Crippen LogP contribution in [0.15, 0.2) is 48.5 Å². The summed E-state index contributed by atoms with van der Waals surface area (Å²) in [6.07, 6.45) is 0.145. The van der Waals surface area contributed by atoms with Crippen LogP contribution >= 0.6 is 11.6 Å². The zero-order valence-corrected chi connectivity index (χ0v) is 16.7. The topological polar surface area (TPSA) is 69.9 Å². The van der Waals surface area contributed by atoms with Crippen molar-refractivity contribution in [3.05, 3.63) is 65.2 Å². The maximum atomic E-state index is 9.59. The van der Waals surface area contributed by atoms with Crippen molar-refractivity contribution in [2.45, 2.75) is 44.3 Å². The lowest BCUT2D eigenvalue weighted by Gasteiger charge is -2.26. The molecule has 0 aliphatic carbocycles. The Kier molecular flexibility index (Phi) is 8.11. The SMILES string of the molecule is CC(C)(c1ccc(CCC(O)CCl)cc1)c1ccc(OCC(O)CO)cc1. The quantitative estimate of drug-likeness (QED) is 0.543. The fourth-order valence-electron chi connectivity index (χ4n) is 2.88. The van der Waals surface area contributed by atoms with Gasteiger partial charge < -0.3 is 20.1 Å². The predicted octanol–water partition coefficient (Wildman–Crippen LogP) is 3.28. The van der Waals surface area contributed by atoms with E-state index in [1.54, 1.807) is 0 Å². The smallest absolute Gasteiger partial charge is 0.119 e. The number of hydrogen-bond donors (Lipinski definition) is 3. The largest absolute Gasteiger partial charge is 0.491 e. The molecule has 0 fully saturated rings. The molecular weight excluding hydrogens is 364 g/mol. The minimum Gasteiger partial charge on any atom is -0.491 e. The van der Waals surface area contributed by atoms with Gasteiger partial charge in [-0.1, -0.05) is 50.2 Å². The van der Waals surface area contributed by atoms with Crippen LogP contribution < -0.4 is 4.74 Å². The molecule has 0 radical (unpaired) electrons. The summed E-state index contributed by atoms with van der Waals surface area (Å²) in [4.78, 5) is 0. The number of benzene rings is 2. The lowest BCUT2D eigenvalue weighted by Crippen LogP contribution is -2.21. The van der Waals surface area contributed by atoms with Crippen LogP contribution in [0.2, 0.25) is 0 Å². The van der Waals surface area contributed by atoms with Crippen molar-refractivity contribution in [2.24, 2.45) is 0 Å². The number of hydrogen-bond acceptors (Lipinski definition) is 4. The molecule has 3 N–H and O–H groups in total. The fourth-order valence-corrected chi connectivity index (χ4v) is 3.03. The van der Waals surface area contributed by atoms with Gasteiger partial charge in [0.15, 0.2) is 0 Å². The van der Waals surface area contributed by atoms with E-state index < -0.39 is 12.2 Å². The van der Waals surface area contributed by atoms with Crippen molar-refractivity contribution in [3.8, 4) is 5.75 Å². The number of rotatable bonds is 10. The molecule has 0 amide bonds. The Labute approximate surface area is 166 Å². The number of aliphatic hydroxyl groups excluding tert-OH is 3. The van der Waals surface area contributed by atoms with Gasteiger partial charge >= 0.3 is 0 Å². The molecule has 2 aromatic carbocycles. The molecule has 2 rings (SSSR count). The maximum Gasteiger partial charge on any atom is 0.119 e. The van der Waals surface area contributed by atoms with Gasteiger partial charge in [-0.15, -0.1) is 11.6 Å². The van der Waals surface area contributed by atoms with Gasteiger partial charge in [0.2, 0.25) is 0 Å². The van der Waals surface area contributed by atoms with Gasteiger partial charge in [-0.05, 0) is 41.7 Å². The molecule has 0 bridgehead atoms. The van der Waals surface area contributed by atoms with Crippen molar-refractivity contribution < 1.29 is 20.1 Å². The van der Waals surface area contributed by atoms with Crippen molar-refractivity contribution in [2.75, 3.05) is 19.1 Å². The Bertz CT molecular complexity index is 623. The van der Waals surface area contributed by atoms with Crippen LogP contribution in [0.1, 0.15) is 37.0 Å². The van der Waals surface area contributed by atoms with Gasteiger partial charge in [-0.3, -0.25) is 0 Å². The van der Waals surface area contributed by atoms with E-state index in [9.17, 15) is 10.2 Å². The Hall–Kier alpha value is -1.59. The molecule has 0 heterocycles. The number of ether oxygens (including phenoxy) is 1. The van der Waals surface area contributed by atoms with Gasteiger partial charge in [-0.25, -0.2) is 0 Å². The van der Waals surface area contributed by atoms with Crippen LogP contribution in [-0.4, -0.2) is 46.6 Å². The molecule has 4 nitrogen and oxygen atoms in total. The summed E-state index contributed by atoms with van der Waals surface area (Å²) in [5.74, 6) is 0.930. The van der Waals surface area contributed by atoms with Gasteiger partial charge in [-0.2, -0.15) is 0 Å². The zero-order chi connectivity index (χ0) is 19.9. The Balaban J connectivity index is 2.04. The number of alkyl halides is 1. The Morgan fingerprint density at radius 2 is 1.48 bits per heavy atom. The summed E-state index contributed by atoms with van der Waals surface area (Å²) >= 11 is 5.64. The van der Waals surface area contributed by atoms with Gasteiger partial charge in [0, 0.05) is 11.3 Å². The second-order valence-corrected chi connectivity index (χ2v) is 7.65. The first-order valence-electron chi connectivity index (χ1n) is 9.22. The van der Waals surface area contributed by atoms with E-state index in [0.717, 1.165) is 12.0 Å². The highest BCUT2D eigenvalue weighted by molar-refractivity contribution is 6.18. The third-order valence-corrected chi connectivity index (χ3v) is 5.21. The van der Waals surface area contributed by atoms with E-state index in [1.807, 2.05) is 24.3 Å². The van der Waals surface area contributed by atoms with E-state index in [1.165, 1.54) is 11.1 Å². The molecule has 2 aromatic rings. The molecule has 2 atom stereocenters. The van der Waals surface area contributed by atoms with E-state index in [4.69, 9.17) is 21.4 Å². The van der Waals surface area contributed by atoms with E-state index in [0.29, 0.717) is 12.2 Å². The van der Waals surface area contributed by atoms with Crippen LogP contribution in [-0.2, 0) is 11.8 Å². The monoisotopic (exact) mass is 392 g/mol. The van der Waals surface area contributed by atoms with Gasteiger partial charge in [0.25, 0.3) is 0 Å². The normalized spacial score (nSPS) is 14.0. The molecule has 0 saturated carbocycles. The molecule has 0 spiro atoms. The minimum atomic E-state index is -0.870. The van der Waals surface area contributed by atoms with E-state index in [-0.39, 0.29) is 24.5 Å². The van der Waals surface area contributed by atoms with Crippen LogP contribution in [0.4, 0.5) is 0 Å². The van der Waals surface area contributed by atoms with Gasteiger partial charge in [0.05, 0.1) is 12.7 Å². The van der Waals surface area contributed by atoms with Crippen molar-refractivity contribution >= 4 is 11.6 Å². The summed E-state index contributed by atoms with van der Waals surface area (Å²) < 4.78 is 5.46. The van der Waals surface area contributed by atoms with Crippen molar-refractivity contribution in [3.63, 3.8) is 0 Å². The molecule has 0 aliphatic heterocycles. The van der Waals surface area contributed by atoms with E-state index in [2.05, 4.69) is 38.1 Å². The fraction of sp³-hybridized carbons (Fsp3) is 0.455. The summed E-state index contributed by atoms with van der Waals surface area (Å²) in [5, 5.41) is 27.8. The van der Waals surface area contributed by atoms with Crippen molar-refractivity contribution in [1.29, 1.82) is 0 Å². The minimum absolute atomic E-state index is 0.0686. The molecule has 148 valence electrons. The van der Waals surface area contributed by atoms with Gasteiger partial charge in [0.1, 0.15) is 18.5 Å². The summed E-state index contributed by atoms with van der Waals surface area (Å²) in [7, 11) is 0. The van der Waals surface area contributed by atoms with E-state index >= 15 is 0 Å². The highest BCUT2D eigenvalue weighted by Crippen LogP contribution is 2.32. The standard InChI is InChI=1S/C22H29ClO4/c1-22(2,17-6-3-16(4-7-17)5-10-19(25)13-23)18-8-11-21(12-9-18)27-15-20(26)14-24/h3-4,6-9,11-12,19-20,24-26H,5,10,13-15H2,1-2H3. The summed E-state index contributed by atoms with van der Waals surface area (Å²) in [6.45, 7) is 4.10. The Morgan fingerprint density at radius 3 is 2.00 bits per heavy atom. The lowest BCUT2D eigenvalue weighted by atomic mass is 9.78. The van der Waals surface area contributed by atoms with Crippen LogP contribution in [0.5, 0.6) is 5.75 Å². The summed E-state index contributed by atoms with van der Waals surface area (Å²) in [5.41, 5.74) is 3.37. The molecule has 0 aliphatic rings. The van der Waals surface area contributed by atoms with Crippen molar-refractivity contribution in [1.82, 2.24) is 0 Å². The molecule has 0 aromatic heterocycles. The second kappa shape index (κ2) is 10.1. The first-order valence-corrected chi connectivity index (χ1v) is 9.76. The number of aliphatic hydroxyl groups is 3. The lowest BCUT2D eigenvalue weighted by molar-refractivity contribution is 0.0536. The molecule has 0 saturated heterocycles. The summed E-state index contributed by atoms with van der Waals surface area (Å²) in [6, 6.07) is 16.3. The molecule has 2 unspecified atom stereocenters. The molecular formula is C22H29ClO4. The Morgan fingerprint density at radius 1 is 0.926 bits per heavy atom. The van der Waals surface area contributed by atoms with Crippen LogP contribution in [0.3, 0.4) is 0 Å². The molecule has 27 heavy (non-hydrogen) atoms. The first kappa shape index (κ1) is 21.7. The third kappa shape index (κ3) is 6.22. The number of aryl methyl sites for hydroxylation is 1. The predicted molar refractivity (Wildman–Crippen MR) is 109 cm³/mol. The molecule has 5 heteroatoms. The third-order valence-electron chi connectivity index (χ3n) is 4.85. The maximum absolute atomic E-state index is 9.59. The number of halogens is 1. The first-order chi connectivity index (χ1) is 12.9.